The van der Waals surface area contributed by atoms with E-state index in [1.807, 2.05) is 12.1 Å². The van der Waals surface area contributed by atoms with Gasteiger partial charge in [0.2, 0.25) is 10.0 Å². The van der Waals surface area contributed by atoms with E-state index in [1.165, 1.54) is 22.5 Å². The first-order valence-electron chi connectivity index (χ1n) is 6.95. The molecule has 2 aromatic rings. The molecule has 6 heteroatoms. The second-order valence-corrected chi connectivity index (χ2v) is 8.06. The summed E-state index contributed by atoms with van der Waals surface area (Å²) in [5.41, 5.74) is 8.08. The summed E-state index contributed by atoms with van der Waals surface area (Å²) >= 11 is 1.40. The molecule has 0 saturated carbocycles. The van der Waals surface area contributed by atoms with Crippen LogP contribution in [-0.2, 0) is 29.4 Å². The molecular formula is C15H18N2O2S2. The maximum absolute atomic E-state index is 12.7. The molecule has 3 rings (SSSR count). The first-order valence-corrected chi connectivity index (χ1v) is 9.27. The quantitative estimate of drug-likeness (QED) is 0.940. The Labute approximate surface area is 129 Å². The van der Waals surface area contributed by atoms with Crippen LogP contribution < -0.4 is 5.73 Å². The molecule has 0 bridgehead atoms. The van der Waals surface area contributed by atoms with Gasteiger partial charge in [0, 0.05) is 29.9 Å². The first kappa shape index (κ1) is 14.7. The molecule has 0 spiro atoms. The van der Waals surface area contributed by atoms with Crippen molar-refractivity contribution in [2.24, 2.45) is 5.73 Å². The van der Waals surface area contributed by atoms with Gasteiger partial charge in [0.1, 0.15) is 0 Å². The zero-order valence-electron chi connectivity index (χ0n) is 11.7. The third-order valence-corrected chi connectivity index (χ3v) is 6.83. The molecule has 0 aliphatic carbocycles. The van der Waals surface area contributed by atoms with Crippen molar-refractivity contribution in [3.63, 3.8) is 0 Å². The van der Waals surface area contributed by atoms with E-state index in [9.17, 15) is 8.42 Å². The van der Waals surface area contributed by atoms with Gasteiger partial charge in [-0.1, -0.05) is 24.3 Å². The fraction of sp³-hybridized carbons (Fsp3) is 0.333. The lowest BCUT2D eigenvalue weighted by Crippen LogP contribution is -2.33. The molecule has 0 atom stereocenters. The van der Waals surface area contributed by atoms with Crippen molar-refractivity contribution in [2.75, 3.05) is 13.1 Å². The Kier molecular flexibility index (Phi) is 4.12. The Balaban J connectivity index is 1.84. The van der Waals surface area contributed by atoms with E-state index in [1.54, 1.807) is 15.8 Å². The molecule has 1 aliphatic rings. The Morgan fingerprint density at radius 2 is 1.76 bits per heavy atom. The van der Waals surface area contributed by atoms with Crippen molar-refractivity contribution in [3.05, 3.63) is 51.7 Å². The third kappa shape index (κ3) is 2.89. The van der Waals surface area contributed by atoms with E-state index >= 15 is 0 Å². The van der Waals surface area contributed by atoms with Gasteiger partial charge in [0.15, 0.2) is 0 Å². The molecule has 112 valence electrons. The van der Waals surface area contributed by atoms with Crippen LogP contribution in [0.4, 0.5) is 0 Å². The summed E-state index contributed by atoms with van der Waals surface area (Å²) in [6, 6.07) is 9.88. The summed E-state index contributed by atoms with van der Waals surface area (Å²) in [4.78, 5) is 1.27. The average Bonchev–Trinajstić information content (AvgIpc) is 2.87. The molecule has 1 aromatic carbocycles. The Morgan fingerprint density at radius 3 is 2.29 bits per heavy atom. The summed E-state index contributed by atoms with van der Waals surface area (Å²) in [5.74, 6) is 0. The van der Waals surface area contributed by atoms with Crippen molar-refractivity contribution in [2.45, 2.75) is 24.3 Å². The zero-order valence-corrected chi connectivity index (χ0v) is 13.3. The predicted molar refractivity (Wildman–Crippen MR) is 84.8 cm³/mol. The van der Waals surface area contributed by atoms with Gasteiger partial charge in [0.25, 0.3) is 0 Å². The number of hydrogen-bond acceptors (Lipinski definition) is 4. The van der Waals surface area contributed by atoms with E-state index in [2.05, 4.69) is 12.1 Å². The highest BCUT2D eigenvalue weighted by molar-refractivity contribution is 7.89. The van der Waals surface area contributed by atoms with Crippen molar-refractivity contribution in [1.29, 1.82) is 0 Å². The summed E-state index contributed by atoms with van der Waals surface area (Å²) in [7, 11) is -3.40. The third-order valence-electron chi connectivity index (χ3n) is 3.85. The number of nitrogens with zero attached hydrogens (tertiary/aromatic N) is 1. The van der Waals surface area contributed by atoms with Crippen LogP contribution in [-0.4, -0.2) is 25.8 Å². The molecule has 1 aliphatic heterocycles. The smallest absolute Gasteiger partial charge is 0.243 e. The standard InChI is InChI=1S/C15H18N2O2S2/c16-10-14-9-15(11-20-14)21(18,19)17-7-5-12-3-1-2-4-13(12)6-8-17/h1-4,9,11H,5-8,10,16H2. The highest BCUT2D eigenvalue weighted by atomic mass is 32.2. The minimum Gasteiger partial charge on any atom is -0.326 e. The summed E-state index contributed by atoms with van der Waals surface area (Å²) in [5, 5.41) is 1.69. The molecule has 0 saturated heterocycles. The molecule has 2 N–H and O–H groups in total. The van der Waals surface area contributed by atoms with Gasteiger partial charge in [-0.05, 0) is 30.0 Å². The van der Waals surface area contributed by atoms with Gasteiger partial charge in [-0.15, -0.1) is 11.3 Å². The van der Waals surface area contributed by atoms with Crippen LogP contribution in [0.5, 0.6) is 0 Å². The van der Waals surface area contributed by atoms with Crippen LogP contribution in [0.1, 0.15) is 16.0 Å². The van der Waals surface area contributed by atoms with Crippen LogP contribution in [0.25, 0.3) is 0 Å². The Morgan fingerprint density at radius 1 is 1.14 bits per heavy atom. The summed E-state index contributed by atoms with van der Waals surface area (Å²) < 4.78 is 27.0. The topological polar surface area (TPSA) is 63.4 Å². The summed E-state index contributed by atoms with van der Waals surface area (Å²) in [6.45, 7) is 1.45. The van der Waals surface area contributed by atoms with E-state index in [0.717, 1.165) is 17.7 Å². The van der Waals surface area contributed by atoms with Crippen LogP contribution in [0.2, 0.25) is 0 Å². The first-order chi connectivity index (χ1) is 10.1. The lowest BCUT2D eigenvalue weighted by molar-refractivity contribution is 0.427. The second-order valence-electron chi connectivity index (χ2n) is 5.13. The fourth-order valence-corrected chi connectivity index (χ4v) is 5.22. The van der Waals surface area contributed by atoms with Crippen molar-refractivity contribution >= 4 is 21.4 Å². The van der Waals surface area contributed by atoms with Gasteiger partial charge in [0.05, 0.1) is 4.90 Å². The van der Waals surface area contributed by atoms with Gasteiger partial charge >= 0.3 is 0 Å². The highest BCUT2D eigenvalue weighted by Gasteiger charge is 2.27. The van der Waals surface area contributed by atoms with Crippen LogP contribution in [0.3, 0.4) is 0 Å². The minimum atomic E-state index is -3.40. The number of nitrogens with two attached hydrogens (primary N) is 1. The minimum absolute atomic E-state index is 0.374. The van der Waals surface area contributed by atoms with Gasteiger partial charge in [-0.25, -0.2) is 8.42 Å². The molecule has 2 heterocycles. The molecule has 1 aromatic heterocycles. The largest absolute Gasteiger partial charge is 0.326 e. The average molecular weight is 322 g/mol. The number of benzene rings is 1. The van der Waals surface area contributed by atoms with Crippen molar-refractivity contribution in [3.8, 4) is 0 Å². The second kappa shape index (κ2) is 5.88. The molecule has 4 nitrogen and oxygen atoms in total. The molecule has 0 fully saturated rings. The van der Waals surface area contributed by atoms with Crippen molar-refractivity contribution < 1.29 is 8.42 Å². The molecule has 21 heavy (non-hydrogen) atoms. The van der Waals surface area contributed by atoms with Crippen LogP contribution in [0.15, 0.2) is 40.6 Å². The maximum atomic E-state index is 12.7. The van der Waals surface area contributed by atoms with Gasteiger partial charge < -0.3 is 5.73 Å². The zero-order chi connectivity index (χ0) is 14.9. The lowest BCUT2D eigenvalue weighted by atomic mass is 10.0. The predicted octanol–water partition coefficient (Wildman–Crippen LogP) is 2.00. The van der Waals surface area contributed by atoms with Gasteiger partial charge in [-0.3, -0.25) is 0 Å². The SMILES string of the molecule is NCc1cc(S(=O)(=O)N2CCc3ccccc3CC2)cs1. The highest BCUT2D eigenvalue weighted by Crippen LogP contribution is 2.25. The number of rotatable bonds is 3. The van der Waals surface area contributed by atoms with Crippen LogP contribution >= 0.6 is 11.3 Å². The number of thiophene rings is 1. The van der Waals surface area contributed by atoms with Crippen LogP contribution in [0, 0.1) is 0 Å². The van der Waals surface area contributed by atoms with E-state index < -0.39 is 10.0 Å². The Hall–Kier alpha value is -1.21. The molecular weight excluding hydrogens is 304 g/mol. The normalized spacial score (nSPS) is 16.4. The molecule has 0 amide bonds. The fourth-order valence-electron chi connectivity index (χ4n) is 2.64. The monoisotopic (exact) mass is 322 g/mol. The van der Waals surface area contributed by atoms with Gasteiger partial charge in [-0.2, -0.15) is 4.31 Å². The molecule has 0 radical (unpaired) electrons. The van der Waals surface area contributed by atoms with E-state index in [4.69, 9.17) is 5.73 Å². The Bertz CT molecular complexity index is 711. The maximum Gasteiger partial charge on any atom is 0.243 e. The lowest BCUT2D eigenvalue weighted by Gasteiger charge is -2.18. The van der Waals surface area contributed by atoms with E-state index in [0.29, 0.717) is 24.5 Å². The summed E-state index contributed by atoms with van der Waals surface area (Å²) in [6.07, 6.45) is 1.53. The van der Waals surface area contributed by atoms with Crippen molar-refractivity contribution in [1.82, 2.24) is 4.31 Å². The number of sulfonamides is 1. The number of fused-ring (bicyclic) bond motifs is 1. The van der Waals surface area contributed by atoms with E-state index in [-0.39, 0.29) is 0 Å². The molecule has 0 unspecified atom stereocenters. The number of hydrogen-bond donors (Lipinski definition) is 1.